The fraction of sp³-hybridized carbons (Fsp3) is 0.130. The zero-order chi connectivity index (χ0) is 24.0. The van der Waals surface area contributed by atoms with Gasteiger partial charge < -0.3 is 13.9 Å². The molecule has 1 fully saturated rings. The van der Waals surface area contributed by atoms with Crippen LogP contribution in [-0.2, 0) is 21.4 Å². The summed E-state index contributed by atoms with van der Waals surface area (Å²) in [7, 11) is -3.77. The molecular formula is C23H18N2O6S3. The molecule has 8 nitrogen and oxygen atoms in total. The molecule has 2 aliphatic heterocycles. The molecule has 3 heterocycles. The molecule has 1 amide bonds. The number of amides is 1. The Bertz CT molecular complexity index is 1460. The van der Waals surface area contributed by atoms with E-state index in [1.165, 1.54) is 23.9 Å². The summed E-state index contributed by atoms with van der Waals surface area (Å²) in [6.45, 7) is 2.46. The summed E-state index contributed by atoms with van der Waals surface area (Å²) in [6, 6.07) is 13.3. The van der Waals surface area contributed by atoms with Gasteiger partial charge in [0.25, 0.3) is 5.91 Å². The minimum absolute atomic E-state index is 0.0180. The third-order valence-electron chi connectivity index (χ3n) is 5.40. The summed E-state index contributed by atoms with van der Waals surface area (Å²) >= 11 is 6.67. The molecular weight excluding hydrogens is 496 g/mol. The van der Waals surface area contributed by atoms with E-state index in [0.717, 1.165) is 11.1 Å². The van der Waals surface area contributed by atoms with Crippen molar-refractivity contribution in [3.63, 3.8) is 0 Å². The molecule has 0 bridgehead atoms. The number of carbonyl (C=O) groups excluding carboxylic acids is 1. The lowest BCUT2D eigenvalue weighted by molar-refractivity contribution is -0.122. The first-order valence-corrected chi connectivity index (χ1v) is 12.8. The Kier molecular flexibility index (Phi) is 5.72. The number of furan rings is 1. The summed E-state index contributed by atoms with van der Waals surface area (Å²) in [5.74, 6) is 2.15. The number of nitrogens with zero attached hydrogens (tertiary/aromatic N) is 1. The second-order valence-electron chi connectivity index (χ2n) is 7.67. The molecule has 0 spiro atoms. The van der Waals surface area contributed by atoms with Crippen molar-refractivity contribution in [2.45, 2.75) is 18.4 Å². The van der Waals surface area contributed by atoms with Gasteiger partial charge in [0.05, 0.1) is 16.3 Å². The number of benzene rings is 2. The second kappa shape index (κ2) is 8.58. The number of thiocarbonyl (C=S) groups is 1. The molecule has 2 N–H and O–H groups in total. The molecule has 1 saturated heterocycles. The van der Waals surface area contributed by atoms with Crippen molar-refractivity contribution in [1.82, 2.24) is 4.90 Å². The smallest absolute Gasteiger partial charge is 0.266 e. The van der Waals surface area contributed by atoms with Gasteiger partial charge in [-0.15, -0.1) is 0 Å². The maximum absolute atomic E-state index is 13.1. The molecule has 0 radical (unpaired) electrons. The second-order valence-corrected chi connectivity index (χ2v) is 10.9. The van der Waals surface area contributed by atoms with Crippen molar-refractivity contribution in [2.75, 3.05) is 6.79 Å². The van der Waals surface area contributed by atoms with Crippen LogP contribution in [0.25, 0.3) is 17.4 Å². The van der Waals surface area contributed by atoms with Crippen molar-refractivity contribution in [3.05, 3.63) is 70.3 Å². The number of sulfonamides is 1. The molecule has 34 heavy (non-hydrogen) atoms. The first-order valence-electron chi connectivity index (χ1n) is 10.1. The van der Waals surface area contributed by atoms with Crippen LogP contribution in [0.4, 0.5) is 0 Å². The van der Waals surface area contributed by atoms with Crippen LogP contribution >= 0.6 is 24.0 Å². The molecule has 3 aromatic rings. The number of rotatable bonds is 5. The van der Waals surface area contributed by atoms with Gasteiger partial charge in [0.15, 0.2) is 11.5 Å². The van der Waals surface area contributed by atoms with E-state index < -0.39 is 10.0 Å². The lowest BCUT2D eigenvalue weighted by Gasteiger charge is -2.16. The van der Waals surface area contributed by atoms with Crippen LogP contribution < -0.4 is 14.6 Å². The lowest BCUT2D eigenvalue weighted by Crippen LogP contribution is -2.27. The number of aryl methyl sites for hydroxylation is 1. The van der Waals surface area contributed by atoms with E-state index in [1.54, 1.807) is 35.2 Å². The van der Waals surface area contributed by atoms with E-state index in [9.17, 15) is 13.2 Å². The zero-order valence-corrected chi connectivity index (χ0v) is 20.3. The summed E-state index contributed by atoms with van der Waals surface area (Å²) < 4.78 is 40.0. The normalized spacial score (nSPS) is 16.6. The van der Waals surface area contributed by atoms with Crippen LogP contribution in [0.2, 0.25) is 0 Å². The van der Waals surface area contributed by atoms with Crippen LogP contribution in [-0.4, -0.2) is 30.3 Å². The first kappa shape index (κ1) is 22.7. The average Bonchev–Trinajstić information content (AvgIpc) is 3.50. The van der Waals surface area contributed by atoms with Gasteiger partial charge in [-0.05, 0) is 66.6 Å². The van der Waals surface area contributed by atoms with Crippen LogP contribution in [0, 0.1) is 6.92 Å². The third-order valence-corrected chi connectivity index (χ3v) is 7.71. The average molecular weight is 515 g/mol. The summed E-state index contributed by atoms with van der Waals surface area (Å²) in [4.78, 5) is 15.1. The fourth-order valence-corrected chi connectivity index (χ4v) is 5.34. The predicted molar refractivity (Wildman–Crippen MR) is 132 cm³/mol. The predicted octanol–water partition coefficient (Wildman–Crippen LogP) is 4.03. The highest BCUT2D eigenvalue weighted by molar-refractivity contribution is 8.26. The number of nitrogens with two attached hydrogens (primary N) is 1. The van der Waals surface area contributed by atoms with Crippen molar-refractivity contribution in [1.29, 1.82) is 0 Å². The van der Waals surface area contributed by atoms with Gasteiger partial charge in [0, 0.05) is 11.6 Å². The van der Waals surface area contributed by atoms with E-state index in [-0.39, 0.29) is 17.6 Å². The maximum atomic E-state index is 13.1. The molecule has 0 aliphatic carbocycles. The Hall–Kier alpha value is -3.12. The minimum Gasteiger partial charge on any atom is -0.457 e. The monoisotopic (exact) mass is 514 g/mol. The Balaban J connectivity index is 1.34. The molecule has 1 aromatic heterocycles. The van der Waals surface area contributed by atoms with Crippen molar-refractivity contribution in [3.8, 4) is 22.8 Å². The number of fused-ring (bicyclic) bond motifs is 1. The van der Waals surface area contributed by atoms with Gasteiger partial charge in [-0.1, -0.05) is 24.0 Å². The number of ether oxygens (including phenoxy) is 2. The summed E-state index contributed by atoms with van der Waals surface area (Å²) in [5, 5.41) is 5.14. The van der Waals surface area contributed by atoms with E-state index in [0.29, 0.717) is 44.4 Å². The molecule has 0 atom stereocenters. The molecule has 0 unspecified atom stereocenters. The molecule has 11 heteroatoms. The van der Waals surface area contributed by atoms with Crippen molar-refractivity contribution < 1.29 is 27.1 Å². The number of hydrogen-bond acceptors (Lipinski definition) is 8. The number of primary sulfonamides is 1. The number of hydrogen-bond donors (Lipinski definition) is 1. The van der Waals surface area contributed by atoms with Crippen LogP contribution in [0.3, 0.4) is 0 Å². The van der Waals surface area contributed by atoms with E-state index in [2.05, 4.69) is 0 Å². The molecule has 174 valence electrons. The highest BCUT2D eigenvalue weighted by Crippen LogP contribution is 2.38. The van der Waals surface area contributed by atoms with E-state index in [1.807, 2.05) is 19.1 Å². The highest BCUT2D eigenvalue weighted by Gasteiger charge is 2.33. The largest absolute Gasteiger partial charge is 0.457 e. The lowest BCUT2D eigenvalue weighted by atomic mass is 10.1. The summed E-state index contributed by atoms with van der Waals surface area (Å²) in [5.41, 5.74) is 2.58. The van der Waals surface area contributed by atoms with Crippen LogP contribution in [0.5, 0.6) is 11.5 Å². The Morgan fingerprint density at radius 3 is 2.53 bits per heavy atom. The van der Waals surface area contributed by atoms with Gasteiger partial charge >= 0.3 is 0 Å². The molecule has 5 rings (SSSR count). The van der Waals surface area contributed by atoms with Crippen LogP contribution in [0.1, 0.15) is 16.9 Å². The molecule has 2 aliphatic rings. The third kappa shape index (κ3) is 4.34. The van der Waals surface area contributed by atoms with Crippen molar-refractivity contribution >= 4 is 50.3 Å². The molecule has 0 saturated carbocycles. The minimum atomic E-state index is -3.77. The maximum Gasteiger partial charge on any atom is 0.266 e. The van der Waals surface area contributed by atoms with E-state index >= 15 is 0 Å². The topological polar surface area (TPSA) is 112 Å². The van der Waals surface area contributed by atoms with Gasteiger partial charge in [-0.3, -0.25) is 9.69 Å². The highest BCUT2D eigenvalue weighted by atomic mass is 32.2. The number of thioether (sulfide) groups is 1. The number of carbonyl (C=O) groups is 1. The Morgan fingerprint density at radius 1 is 1.12 bits per heavy atom. The SMILES string of the molecule is Cc1cc2c(cc1CN1C(=O)/C(=C/c3ccc(-c4ccc(S(N)(=O)=O)cc4)o3)SC1=S)OCO2. The first-order chi connectivity index (χ1) is 16.2. The Labute approximate surface area is 205 Å². The molecule has 2 aromatic carbocycles. The van der Waals surface area contributed by atoms with Gasteiger partial charge in [0.1, 0.15) is 15.8 Å². The standard InChI is InChI=1S/C23H18N2O6S3/c1-13-8-19-20(30-12-29-19)9-15(13)11-25-22(26)21(33-23(25)32)10-16-4-7-18(31-16)14-2-5-17(6-3-14)34(24,27)28/h2-10H,11-12H2,1H3,(H2,24,27,28)/b21-10-. The van der Waals surface area contributed by atoms with Crippen molar-refractivity contribution in [2.24, 2.45) is 5.14 Å². The van der Waals surface area contributed by atoms with Gasteiger partial charge in [-0.25, -0.2) is 13.6 Å². The summed E-state index contributed by atoms with van der Waals surface area (Å²) in [6.07, 6.45) is 1.65. The quantitative estimate of drug-likeness (QED) is 0.401. The Morgan fingerprint density at radius 2 is 1.82 bits per heavy atom. The van der Waals surface area contributed by atoms with E-state index in [4.69, 9.17) is 31.2 Å². The zero-order valence-electron chi connectivity index (χ0n) is 17.8. The van der Waals surface area contributed by atoms with Gasteiger partial charge in [0.2, 0.25) is 16.8 Å². The van der Waals surface area contributed by atoms with Crippen LogP contribution in [0.15, 0.2) is 62.7 Å². The fourth-order valence-electron chi connectivity index (χ4n) is 3.59. The van der Waals surface area contributed by atoms with Gasteiger partial charge in [-0.2, -0.15) is 0 Å².